The summed E-state index contributed by atoms with van der Waals surface area (Å²) >= 11 is 0. The van der Waals surface area contributed by atoms with Crippen LogP contribution in [0.1, 0.15) is 69.0 Å². The number of rotatable bonds is 4. The summed E-state index contributed by atoms with van der Waals surface area (Å²) in [5, 5.41) is 0. The topological polar surface area (TPSA) is 35.2 Å². The largest absolute Gasteiger partial charge is 0.496 e. The maximum Gasteiger partial charge on any atom is 0.123 e. The van der Waals surface area contributed by atoms with E-state index in [0.29, 0.717) is 11.8 Å². The Morgan fingerprint density at radius 1 is 1.16 bits per heavy atom. The van der Waals surface area contributed by atoms with Gasteiger partial charge in [0.2, 0.25) is 0 Å². The van der Waals surface area contributed by atoms with Crippen molar-refractivity contribution in [1.29, 1.82) is 0 Å². The van der Waals surface area contributed by atoms with Crippen LogP contribution in [0.25, 0.3) is 0 Å². The summed E-state index contributed by atoms with van der Waals surface area (Å²) in [5.41, 5.74) is 9.08. The van der Waals surface area contributed by atoms with E-state index in [0.717, 1.165) is 5.75 Å². The van der Waals surface area contributed by atoms with Gasteiger partial charge in [-0.3, -0.25) is 0 Å². The van der Waals surface area contributed by atoms with Crippen molar-refractivity contribution in [1.82, 2.24) is 0 Å². The van der Waals surface area contributed by atoms with E-state index < -0.39 is 0 Å². The van der Waals surface area contributed by atoms with Gasteiger partial charge in [-0.05, 0) is 36.3 Å². The Balaban J connectivity index is 2.27. The van der Waals surface area contributed by atoms with Crippen LogP contribution in [0, 0.1) is 5.92 Å². The smallest absolute Gasteiger partial charge is 0.123 e. The molecule has 0 amide bonds. The second-order valence-corrected chi connectivity index (χ2v) is 6.08. The molecule has 1 saturated carbocycles. The van der Waals surface area contributed by atoms with E-state index in [-0.39, 0.29) is 6.04 Å². The van der Waals surface area contributed by atoms with Crippen molar-refractivity contribution in [2.24, 2.45) is 11.7 Å². The van der Waals surface area contributed by atoms with Gasteiger partial charge in [-0.2, -0.15) is 0 Å². The summed E-state index contributed by atoms with van der Waals surface area (Å²) in [5.74, 6) is 2.09. The molecule has 19 heavy (non-hydrogen) atoms. The molecule has 0 heterocycles. The highest BCUT2D eigenvalue weighted by Gasteiger charge is 2.24. The minimum atomic E-state index is 0.119. The average molecular weight is 261 g/mol. The first-order chi connectivity index (χ1) is 9.13. The van der Waals surface area contributed by atoms with Crippen molar-refractivity contribution in [2.75, 3.05) is 7.11 Å². The van der Waals surface area contributed by atoms with Crippen LogP contribution in [0.4, 0.5) is 0 Å². The molecular weight excluding hydrogens is 234 g/mol. The van der Waals surface area contributed by atoms with E-state index in [4.69, 9.17) is 10.5 Å². The maximum atomic E-state index is 6.54. The molecule has 0 aliphatic heterocycles. The van der Waals surface area contributed by atoms with Crippen LogP contribution in [-0.4, -0.2) is 7.11 Å². The molecule has 1 atom stereocenters. The van der Waals surface area contributed by atoms with Gasteiger partial charge in [0.15, 0.2) is 0 Å². The van der Waals surface area contributed by atoms with E-state index >= 15 is 0 Å². The van der Waals surface area contributed by atoms with E-state index in [1.54, 1.807) is 7.11 Å². The summed E-state index contributed by atoms with van der Waals surface area (Å²) < 4.78 is 5.51. The lowest BCUT2D eigenvalue weighted by Gasteiger charge is -2.29. The Labute approximate surface area is 117 Å². The minimum Gasteiger partial charge on any atom is -0.496 e. The molecule has 0 bridgehead atoms. The quantitative estimate of drug-likeness (QED) is 0.872. The van der Waals surface area contributed by atoms with Gasteiger partial charge in [0.25, 0.3) is 0 Å². The lowest BCUT2D eigenvalue weighted by Crippen LogP contribution is -2.24. The highest BCUT2D eigenvalue weighted by Crippen LogP contribution is 2.37. The van der Waals surface area contributed by atoms with Crippen LogP contribution < -0.4 is 10.5 Å². The SMILES string of the molecule is COc1ccc(C(C)C)cc1C(N)C1CCCCC1. The average Bonchev–Trinajstić information content (AvgIpc) is 2.46. The van der Waals surface area contributed by atoms with Gasteiger partial charge in [0, 0.05) is 11.6 Å². The van der Waals surface area contributed by atoms with Crippen molar-refractivity contribution < 1.29 is 4.74 Å². The lowest BCUT2D eigenvalue weighted by molar-refractivity contribution is 0.301. The molecule has 1 aliphatic carbocycles. The number of benzene rings is 1. The Bertz CT molecular complexity index is 408. The zero-order valence-electron chi connectivity index (χ0n) is 12.5. The second-order valence-electron chi connectivity index (χ2n) is 6.08. The highest BCUT2D eigenvalue weighted by molar-refractivity contribution is 5.40. The fourth-order valence-corrected chi connectivity index (χ4v) is 3.12. The predicted octanol–water partition coefficient (Wildman–Crippen LogP) is 4.40. The summed E-state index contributed by atoms with van der Waals surface area (Å²) in [4.78, 5) is 0. The van der Waals surface area contributed by atoms with E-state index in [1.165, 1.54) is 43.2 Å². The first-order valence-corrected chi connectivity index (χ1v) is 7.57. The van der Waals surface area contributed by atoms with E-state index in [9.17, 15) is 0 Å². The van der Waals surface area contributed by atoms with Crippen molar-refractivity contribution in [2.45, 2.75) is 57.9 Å². The third-order valence-corrected chi connectivity index (χ3v) is 4.44. The first-order valence-electron chi connectivity index (χ1n) is 7.57. The molecular formula is C17H27NO. The Hall–Kier alpha value is -1.02. The van der Waals surface area contributed by atoms with Crippen LogP contribution in [0.5, 0.6) is 5.75 Å². The molecule has 2 nitrogen and oxygen atoms in total. The monoisotopic (exact) mass is 261 g/mol. The van der Waals surface area contributed by atoms with Gasteiger partial charge in [0.1, 0.15) is 5.75 Å². The Morgan fingerprint density at radius 3 is 2.42 bits per heavy atom. The van der Waals surface area contributed by atoms with Crippen molar-refractivity contribution in [3.8, 4) is 5.75 Å². The Kier molecular flexibility index (Phi) is 4.87. The number of methoxy groups -OCH3 is 1. The standard InChI is InChI=1S/C17H27NO/c1-12(2)14-9-10-16(19-3)15(11-14)17(18)13-7-5-4-6-8-13/h9-13,17H,4-8,18H2,1-3H3. The molecule has 1 fully saturated rings. The summed E-state index contributed by atoms with van der Waals surface area (Å²) in [7, 11) is 1.74. The van der Waals surface area contributed by atoms with Gasteiger partial charge in [-0.1, -0.05) is 45.2 Å². The van der Waals surface area contributed by atoms with E-state index in [1.807, 2.05) is 0 Å². The van der Waals surface area contributed by atoms with Gasteiger partial charge >= 0.3 is 0 Å². The van der Waals surface area contributed by atoms with Crippen molar-refractivity contribution in [3.05, 3.63) is 29.3 Å². The molecule has 2 rings (SSSR count). The maximum absolute atomic E-state index is 6.54. The summed E-state index contributed by atoms with van der Waals surface area (Å²) in [6.45, 7) is 4.44. The second kappa shape index (κ2) is 6.42. The molecule has 106 valence electrons. The zero-order chi connectivity index (χ0) is 13.8. The van der Waals surface area contributed by atoms with E-state index in [2.05, 4.69) is 32.0 Å². The number of ether oxygens (including phenoxy) is 1. The predicted molar refractivity (Wildman–Crippen MR) is 80.6 cm³/mol. The molecule has 1 aromatic rings. The highest BCUT2D eigenvalue weighted by atomic mass is 16.5. The van der Waals surface area contributed by atoms with Crippen LogP contribution in [-0.2, 0) is 0 Å². The molecule has 1 unspecified atom stereocenters. The molecule has 0 aromatic heterocycles. The molecule has 0 spiro atoms. The van der Waals surface area contributed by atoms with Crippen LogP contribution >= 0.6 is 0 Å². The van der Waals surface area contributed by atoms with Gasteiger partial charge in [0.05, 0.1) is 7.11 Å². The number of hydrogen-bond acceptors (Lipinski definition) is 2. The first kappa shape index (κ1) is 14.4. The molecule has 2 N–H and O–H groups in total. The summed E-state index contributed by atoms with van der Waals surface area (Å²) in [6.07, 6.45) is 6.54. The number of hydrogen-bond donors (Lipinski definition) is 1. The third-order valence-electron chi connectivity index (χ3n) is 4.44. The fraction of sp³-hybridized carbons (Fsp3) is 0.647. The minimum absolute atomic E-state index is 0.119. The normalized spacial score (nSPS) is 18.6. The van der Waals surface area contributed by atoms with Crippen LogP contribution in [0.2, 0.25) is 0 Å². The summed E-state index contributed by atoms with van der Waals surface area (Å²) in [6, 6.07) is 6.60. The number of nitrogens with two attached hydrogens (primary N) is 1. The van der Waals surface area contributed by atoms with Crippen LogP contribution in [0.15, 0.2) is 18.2 Å². The van der Waals surface area contributed by atoms with Crippen LogP contribution in [0.3, 0.4) is 0 Å². The van der Waals surface area contributed by atoms with Crippen molar-refractivity contribution in [3.63, 3.8) is 0 Å². The fourth-order valence-electron chi connectivity index (χ4n) is 3.12. The Morgan fingerprint density at radius 2 is 1.84 bits per heavy atom. The van der Waals surface area contributed by atoms with Gasteiger partial charge in [-0.15, -0.1) is 0 Å². The molecule has 1 aromatic carbocycles. The third kappa shape index (κ3) is 3.30. The molecule has 0 saturated heterocycles. The van der Waals surface area contributed by atoms with Gasteiger partial charge in [-0.25, -0.2) is 0 Å². The zero-order valence-corrected chi connectivity index (χ0v) is 12.5. The molecule has 0 radical (unpaired) electrons. The van der Waals surface area contributed by atoms with Gasteiger partial charge < -0.3 is 10.5 Å². The lowest BCUT2D eigenvalue weighted by atomic mass is 9.80. The van der Waals surface area contributed by atoms with Crippen molar-refractivity contribution >= 4 is 0 Å². The molecule has 2 heteroatoms. The molecule has 1 aliphatic rings.